The molecule has 2 fully saturated rings. The second kappa shape index (κ2) is 3.52. The van der Waals surface area contributed by atoms with Crippen molar-refractivity contribution < 1.29 is 19.4 Å². The summed E-state index contributed by atoms with van der Waals surface area (Å²) in [5.41, 5.74) is 0. The van der Waals surface area contributed by atoms with Gasteiger partial charge in [0.15, 0.2) is 0 Å². The van der Waals surface area contributed by atoms with Gasteiger partial charge >= 0.3 is 6.16 Å². The van der Waals surface area contributed by atoms with Crippen molar-refractivity contribution in [2.45, 2.75) is 37.4 Å². The number of rotatable bonds is 0. The molecule has 86 valence electrons. The van der Waals surface area contributed by atoms with Crippen LogP contribution in [0.4, 0.5) is 4.79 Å². The van der Waals surface area contributed by atoms with Crippen molar-refractivity contribution in [2.75, 3.05) is 6.61 Å². The molecule has 0 aromatic rings. The van der Waals surface area contributed by atoms with Crippen molar-refractivity contribution >= 4 is 17.8 Å². The quantitative estimate of drug-likeness (QED) is 0.510. The summed E-state index contributed by atoms with van der Waals surface area (Å²) in [6, 6.07) is 0. The molecule has 1 saturated heterocycles. The van der Waals surface area contributed by atoms with Crippen LogP contribution in [0.2, 0.25) is 0 Å². The van der Waals surface area contributed by atoms with Gasteiger partial charge in [-0.1, -0.05) is 6.92 Å². The van der Waals surface area contributed by atoms with E-state index in [-0.39, 0.29) is 17.9 Å². The molecular weight excluding hydrogens is 220 g/mol. The Labute approximate surface area is 93.5 Å². The molecule has 0 aromatic heterocycles. The van der Waals surface area contributed by atoms with E-state index in [1.54, 1.807) is 0 Å². The third kappa shape index (κ3) is 1.70. The molecule has 0 spiro atoms. The SMILES string of the molecule is C[C@@H]1[C@@H]2COC(=O)O[C@H]2C[C@@H](O)[C@@]1(C)Cl. The number of hydrogen-bond donors (Lipinski definition) is 1. The van der Waals surface area contributed by atoms with Crippen LogP contribution in [-0.2, 0) is 9.47 Å². The van der Waals surface area contributed by atoms with Crippen molar-refractivity contribution in [3.63, 3.8) is 0 Å². The van der Waals surface area contributed by atoms with Crippen LogP contribution in [0.3, 0.4) is 0 Å². The molecule has 2 aliphatic rings. The fourth-order valence-corrected chi connectivity index (χ4v) is 2.63. The number of hydrogen-bond acceptors (Lipinski definition) is 4. The Morgan fingerprint density at radius 2 is 2.27 bits per heavy atom. The van der Waals surface area contributed by atoms with Crippen LogP contribution in [0.25, 0.3) is 0 Å². The maximum absolute atomic E-state index is 10.9. The van der Waals surface area contributed by atoms with Gasteiger partial charge in [0.05, 0.1) is 11.0 Å². The summed E-state index contributed by atoms with van der Waals surface area (Å²) in [6.45, 7) is 4.10. The van der Waals surface area contributed by atoms with Crippen LogP contribution >= 0.6 is 11.6 Å². The summed E-state index contributed by atoms with van der Waals surface area (Å²) in [5, 5.41) is 9.87. The van der Waals surface area contributed by atoms with Gasteiger partial charge in [0.1, 0.15) is 12.7 Å². The summed E-state index contributed by atoms with van der Waals surface area (Å²) in [4.78, 5) is 10.3. The maximum Gasteiger partial charge on any atom is 0.508 e. The average molecular weight is 235 g/mol. The molecule has 0 radical (unpaired) electrons. The van der Waals surface area contributed by atoms with Crippen molar-refractivity contribution in [1.29, 1.82) is 0 Å². The predicted octanol–water partition coefficient (Wildman–Crippen LogP) is 1.54. The topological polar surface area (TPSA) is 55.8 Å². The number of carbonyl (C=O) groups excluding carboxylic acids is 1. The highest BCUT2D eigenvalue weighted by molar-refractivity contribution is 6.24. The van der Waals surface area contributed by atoms with Gasteiger partial charge in [0.25, 0.3) is 0 Å². The van der Waals surface area contributed by atoms with E-state index in [0.29, 0.717) is 13.0 Å². The monoisotopic (exact) mass is 234 g/mol. The maximum atomic E-state index is 10.9. The van der Waals surface area contributed by atoms with Gasteiger partial charge in [-0.05, 0) is 12.8 Å². The molecule has 0 aromatic carbocycles. The van der Waals surface area contributed by atoms with Gasteiger partial charge in [-0.15, -0.1) is 11.6 Å². The molecule has 1 aliphatic carbocycles. The fraction of sp³-hybridized carbons (Fsp3) is 0.900. The van der Waals surface area contributed by atoms with Crippen LogP contribution in [0, 0.1) is 11.8 Å². The molecule has 15 heavy (non-hydrogen) atoms. The molecule has 5 atom stereocenters. The highest BCUT2D eigenvalue weighted by Gasteiger charge is 2.52. The van der Waals surface area contributed by atoms with Crippen LogP contribution in [0.15, 0.2) is 0 Å². The molecule has 1 aliphatic heterocycles. The van der Waals surface area contributed by atoms with Crippen molar-refractivity contribution in [3.05, 3.63) is 0 Å². The van der Waals surface area contributed by atoms with Crippen molar-refractivity contribution in [2.24, 2.45) is 11.8 Å². The normalized spacial score (nSPS) is 50.3. The van der Waals surface area contributed by atoms with Gasteiger partial charge in [-0.3, -0.25) is 0 Å². The minimum atomic E-state index is -0.672. The lowest BCUT2D eigenvalue weighted by atomic mass is 9.70. The van der Waals surface area contributed by atoms with Crippen molar-refractivity contribution in [1.82, 2.24) is 0 Å². The minimum absolute atomic E-state index is 0.0426. The van der Waals surface area contributed by atoms with Gasteiger partial charge in [-0.25, -0.2) is 4.79 Å². The Balaban J connectivity index is 2.18. The molecule has 4 nitrogen and oxygen atoms in total. The van der Waals surface area contributed by atoms with E-state index >= 15 is 0 Å². The molecule has 1 saturated carbocycles. The zero-order valence-electron chi connectivity index (χ0n) is 8.77. The molecule has 1 N–H and O–H groups in total. The third-order valence-electron chi connectivity index (χ3n) is 3.76. The van der Waals surface area contributed by atoms with Crippen molar-refractivity contribution in [3.8, 4) is 0 Å². The molecule has 2 rings (SSSR count). The standard InChI is InChI=1S/C10H15ClO4/c1-5-6-4-14-9(13)15-7(6)3-8(12)10(5,2)11/h5-8,12H,3-4H2,1-2H3/t5-,6+,7+,8-,10+/m1/s1. The van der Waals surface area contributed by atoms with E-state index < -0.39 is 17.1 Å². The van der Waals surface area contributed by atoms with E-state index in [9.17, 15) is 9.90 Å². The zero-order chi connectivity index (χ0) is 11.2. The second-order valence-corrected chi connectivity index (χ2v) is 5.39. The Morgan fingerprint density at radius 3 is 2.93 bits per heavy atom. The van der Waals surface area contributed by atoms with E-state index in [2.05, 4.69) is 0 Å². The smallest absolute Gasteiger partial charge is 0.434 e. The van der Waals surface area contributed by atoms with E-state index in [4.69, 9.17) is 21.1 Å². The number of carbonyl (C=O) groups is 1. The third-order valence-corrected chi connectivity index (χ3v) is 4.35. The Hall–Kier alpha value is -0.480. The molecule has 0 amide bonds. The van der Waals surface area contributed by atoms with E-state index in [1.165, 1.54) is 0 Å². The minimum Gasteiger partial charge on any atom is -0.434 e. The summed E-state index contributed by atoms with van der Waals surface area (Å²) >= 11 is 6.28. The van der Waals surface area contributed by atoms with Gasteiger partial charge in [0.2, 0.25) is 0 Å². The summed E-state index contributed by atoms with van der Waals surface area (Å²) < 4.78 is 9.89. The van der Waals surface area contributed by atoms with E-state index in [0.717, 1.165) is 0 Å². The number of aliphatic hydroxyl groups excluding tert-OH is 1. The van der Waals surface area contributed by atoms with Crippen LogP contribution in [0.1, 0.15) is 20.3 Å². The number of alkyl halides is 1. The summed E-state index contributed by atoms with van der Waals surface area (Å²) in [5.74, 6) is 0.120. The first-order valence-electron chi connectivity index (χ1n) is 5.13. The zero-order valence-corrected chi connectivity index (χ0v) is 9.53. The number of fused-ring (bicyclic) bond motifs is 1. The molecule has 5 heteroatoms. The predicted molar refractivity (Wildman–Crippen MR) is 53.8 cm³/mol. The van der Waals surface area contributed by atoms with Crippen LogP contribution < -0.4 is 0 Å². The number of halogens is 1. The first-order chi connectivity index (χ1) is 6.93. The highest BCUT2D eigenvalue weighted by atomic mass is 35.5. The van der Waals surface area contributed by atoms with E-state index in [1.807, 2.05) is 13.8 Å². The van der Waals surface area contributed by atoms with Gasteiger partial charge in [0, 0.05) is 12.3 Å². The Kier molecular flexibility index (Phi) is 2.59. The second-order valence-electron chi connectivity index (χ2n) is 4.57. The number of ether oxygens (including phenoxy) is 2. The Morgan fingerprint density at radius 1 is 1.60 bits per heavy atom. The fourth-order valence-electron chi connectivity index (χ4n) is 2.38. The number of aliphatic hydroxyl groups is 1. The van der Waals surface area contributed by atoms with Gasteiger partial charge < -0.3 is 14.6 Å². The lowest BCUT2D eigenvalue weighted by Gasteiger charge is -2.48. The summed E-state index contributed by atoms with van der Waals surface area (Å²) in [7, 11) is 0. The largest absolute Gasteiger partial charge is 0.508 e. The molecule has 0 bridgehead atoms. The average Bonchev–Trinajstić information content (AvgIpc) is 2.15. The molecular formula is C10H15ClO4. The molecule has 1 heterocycles. The first-order valence-corrected chi connectivity index (χ1v) is 5.51. The highest BCUT2D eigenvalue weighted by Crippen LogP contribution is 2.44. The van der Waals surface area contributed by atoms with Crippen LogP contribution in [-0.4, -0.2) is 35.0 Å². The lowest BCUT2D eigenvalue weighted by Crippen LogP contribution is -2.57. The van der Waals surface area contributed by atoms with Gasteiger partial charge in [-0.2, -0.15) is 0 Å². The number of cyclic esters (lactones) is 1. The first kappa shape index (κ1) is 11.0. The lowest BCUT2D eigenvalue weighted by molar-refractivity contribution is -0.124. The summed E-state index contributed by atoms with van der Waals surface area (Å²) in [6.07, 6.45) is -1.16. The Bertz CT molecular complexity index is 279. The molecule has 0 unspecified atom stereocenters. The van der Waals surface area contributed by atoms with Crippen LogP contribution in [0.5, 0.6) is 0 Å².